The van der Waals surface area contributed by atoms with E-state index in [-0.39, 0.29) is 18.3 Å². The van der Waals surface area contributed by atoms with Gasteiger partial charge >= 0.3 is 7.12 Å². The molecule has 118 valence electrons. The predicted octanol–water partition coefficient (Wildman–Crippen LogP) is 2.49. The molecule has 0 unspecified atom stereocenters. The lowest BCUT2D eigenvalue weighted by molar-refractivity contribution is 0.00578. The van der Waals surface area contributed by atoms with Gasteiger partial charge in [0.05, 0.1) is 16.7 Å². The van der Waals surface area contributed by atoms with Crippen molar-refractivity contribution < 1.29 is 9.31 Å². The molecule has 5 nitrogen and oxygen atoms in total. The first-order valence-electron chi connectivity index (χ1n) is 7.89. The van der Waals surface area contributed by atoms with Crippen LogP contribution in [0.3, 0.4) is 0 Å². The van der Waals surface area contributed by atoms with Crippen molar-refractivity contribution >= 4 is 29.1 Å². The molecule has 1 saturated heterocycles. The molecule has 0 N–H and O–H groups in total. The third-order valence-corrected chi connectivity index (χ3v) is 5.08. The summed E-state index contributed by atoms with van der Waals surface area (Å²) in [5.41, 5.74) is 2.24. The van der Waals surface area contributed by atoms with E-state index in [0.717, 1.165) is 27.8 Å². The van der Waals surface area contributed by atoms with E-state index in [1.165, 1.54) is 0 Å². The molecular formula is C17H20BN3O2. The fourth-order valence-electron chi connectivity index (χ4n) is 2.97. The van der Waals surface area contributed by atoms with E-state index < -0.39 is 0 Å². The Labute approximate surface area is 135 Å². The van der Waals surface area contributed by atoms with Crippen LogP contribution in [-0.4, -0.2) is 32.9 Å². The Kier molecular flexibility index (Phi) is 2.90. The van der Waals surface area contributed by atoms with Crippen LogP contribution in [0.5, 0.6) is 0 Å². The molecule has 1 aliphatic rings. The van der Waals surface area contributed by atoms with Crippen LogP contribution in [-0.2, 0) is 9.31 Å². The summed E-state index contributed by atoms with van der Waals surface area (Å²) in [6.45, 7) is 10.2. The third-order valence-electron chi connectivity index (χ3n) is 5.08. The summed E-state index contributed by atoms with van der Waals surface area (Å²) >= 11 is 0. The second-order valence-electron chi connectivity index (χ2n) is 7.18. The number of pyridine rings is 1. The van der Waals surface area contributed by atoms with E-state index in [2.05, 4.69) is 66.6 Å². The van der Waals surface area contributed by atoms with Crippen LogP contribution in [0, 0.1) is 6.92 Å². The van der Waals surface area contributed by atoms with Crippen molar-refractivity contribution in [1.29, 1.82) is 0 Å². The molecule has 4 rings (SSSR count). The molecule has 6 heteroatoms. The Bertz CT molecular complexity index is 901. The van der Waals surface area contributed by atoms with Crippen LogP contribution >= 0.6 is 0 Å². The average Bonchev–Trinajstić information content (AvgIpc) is 2.96. The summed E-state index contributed by atoms with van der Waals surface area (Å²) in [6.07, 6.45) is 0. The Hall–Kier alpha value is -1.92. The highest BCUT2D eigenvalue weighted by Gasteiger charge is 2.51. The van der Waals surface area contributed by atoms with Gasteiger partial charge in [0, 0.05) is 0 Å². The number of benzene rings is 1. The molecule has 23 heavy (non-hydrogen) atoms. The zero-order valence-corrected chi connectivity index (χ0v) is 14.1. The molecule has 0 radical (unpaired) electrons. The van der Waals surface area contributed by atoms with Crippen molar-refractivity contribution in [2.24, 2.45) is 0 Å². The molecule has 0 aliphatic carbocycles. The van der Waals surface area contributed by atoms with Crippen LogP contribution in [0.1, 0.15) is 33.5 Å². The first-order valence-corrected chi connectivity index (χ1v) is 7.89. The molecular weight excluding hydrogens is 289 g/mol. The molecule has 0 bridgehead atoms. The van der Waals surface area contributed by atoms with Gasteiger partial charge in [0.2, 0.25) is 0 Å². The summed E-state index contributed by atoms with van der Waals surface area (Å²) in [4.78, 5) is 0. The van der Waals surface area contributed by atoms with E-state index >= 15 is 0 Å². The molecule has 0 amide bonds. The smallest absolute Gasteiger partial charge is 0.399 e. The van der Waals surface area contributed by atoms with Gasteiger partial charge in [-0.1, -0.05) is 12.1 Å². The lowest BCUT2D eigenvalue weighted by Gasteiger charge is -2.32. The summed E-state index contributed by atoms with van der Waals surface area (Å²) in [5, 5.41) is 9.50. The van der Waals surface area contributed by atoms with Crippen molar-refractivity contribution in [3.8, 4) is 0 Å². The molecule has 2 aromatic heterocycles. The maximum atomic E-state index is 6.16. The molecule has 3 aromatic rings. The molecule has 0 spiro atoms. The second-order valence-corrected chi connectivity index (χ2v) is 7.18. The minimum atomic E-state index is -0.364. The number of rotatable bonds is 1. The van der Waals surface area contributed by atoms with E-state index in [1.807, 2.05) is 13.0 Å². The quantitative estimate of drug-likeness (QED) is 0.648. The maximum absolute atomic E-state index is 6.16. The van der Waals surface area contributed by atoms with Crippen LogP contribution in [0.25, 0.3) is 16.6 Å². The number of hydrogen-bond donors (Lipinski definition) is 0. The largest absolute Gasteiger partial charge is 0.494 e. The highest BCUT2D eigenvalue weighted by atomic mass is 16.7. The van der Waals surface area contributed by atoms with Crippen molar-refractivity contribution in [2.45, 2.75) is 45.8 Å². The van der Waals surface area contributed by atoms with Gasteiger partial charge in [-0.05, 0) is 63.7 Å². The minimum Gasteiger partial charge on any atom is -0.399 e. The highest BCUT2D eigenvalue weighted by molar-refractivity contribution is 6.62. The monoisotopic (exact) mass is 309 g/mol. The fourth-order valence-corrected chi connectivity index (χ4v) is 2.97. The third kappa shape index (κ3) is 2.09. The van der Waals surface area contributed by atoms with E-state index in [1.54, 1.807) is 0 Å². The van der Waals surface area contributed by atoms with Crippen molar-refractivity contribution in [2.75, 3.05) is 0 Å². The van der Waals surface area contributed by atoms with Gasteiger partial charge in [0.15, 0.2) is 5.65 Å². The van der Waals surface area contributed by atoms with Gasteiger partial charge in [-0.15, -0.1) is 10.2 Å². The Morgan fingerprint density at radius 3 is 2.30 bits per heavy atom. The molecule has 1 aromatic carbocycles. The molecule has 0 saturated carbocycles. The predicted molar refractivity (Wildman–Crippen MR) is 90.9 cm³/mol. The van der Waals surface area contributed by atoms with Gasteiger partial charge < -0.3 is 9.31 Å². The van der Waals surface area contributed by atoms with Crippen LogP contribution < -0.4 is 5.46 Å². The first-order chi connectivity index (χ1) is 10.8. The minimum absolute atomic E-state index is 0.342. The maximum Gasteiger partial charge on any atom is 0.494 e. The highest BCUT2D eigenvalue weighted by Crippen LogP contribution is 2.36. The van der Waals surface area contributed by atoms with Crippen LogP contribution in [0.2, 0.25) is 0 Å². The Morgan fingerprint density at radius 1 is 0.957 bits per heavy atom. The molecule has 1 fully saturated rings. The van der Waals surface area contributed by atoms with Crippen LogP contribution in [0.15, 0.2) is 30.3 Å². The van der Waals surface area contributed by atoms with Crippen molar-refractivity contribution in [1.82, 2.24) is 14.6 Å². The summed E-state index contributed by atoms with van der Waals surface area (Å²) < 4.78 is 14.4. The van der Waals surface area contributed by atoms with E-state index in [9.17, 15) is 0 Å². The van der Waals surface area contributed by atoms with Gasteiger partial charge in [-0.3, -0.25) is 4.40 Å². The second kappa shape index (κ2) is 4.55. The summed E-state index contributed by atoms with van der Waals surface area (Å²) in [6, 6.07) is 10.3. The Balaban J connectivity index is 1.86. The SMILES string of the molecule is Cc1nnc2ccc3ccc(B4OC(C)(C)C(C)(C)O4)cc3n12. The standard InChI is InChI=1S/C17H20BN3O2/c1-11-19-20-15-9-7-12-6-8-13(10-14(12)21(11)15)18-22-16(2,3)17(4,5)23-18/h6-10H,1-5H3. The zero-order valence-electron chi connectivity index (χ0n) is 14.1. The molecule has 3 heterocycles. The van der Waals surface area contributed by atoms with Crippen LogP contribution in [0.4, 0.5) is 0 Å². The van der Waals surface area contributed by atoms with Crippen molar-refractivity contribution in [3.05, 3.63) is 36.2 Å². The van der Waals surface area contributed by atoms with E-state index in [4.69, 9.17) is 9.31 Å². The van der Waals surface area contributed by atoms with Gasteiger partial charge in [-0.2, -0.15) is 0 Å². The lowest BCUT2D eigenvalue weighted by atomic mass is 9.78. The zero-order chi connectivity index (χ0) is 16.4. The Morgan fingerprint density at radius 2 is 1.61 bits per heavy atom. The van der Waals surface area contributed by atoms with Gasteiger partial charge in [-0.25, -0.2) is 0 Å². The number of aryl methyl sites for hydroxylation is 1. The normalized spacial score (nSPS) is 19.8. The first kappa shape index (κ1) is 14.7. The number of fused-ring (bicyclic) bond motifs is 3. The topological polar surface area (TPSA) is 48.7 Å². The van der Waals surface area contributed by atoms with E-state index in [0.29, 0.717) is 0 Å². The number of aromatic nitrogens is 3. The van der Waals surface area contributed by atoms with Crippen molar-refractivity contribution in [3.63, 3.8) is 0 Å². The number of nitrogens with zero attached hydrogens (tertiary/aromatic N) is 3. The summed E-state index contributed by atoms with van der Waals surface area (Å²) in [7, 11) is -0.364. The molecule has 1 aliphatic heterocycles. The van der Waals surface area contributed by atoms with Gasteiger partial charge in [0.1, 0.15) is 5.82 Å². The average molecular weight is 309 g/mol. The summed E-state index contributed by atoms with van der Waals surface area (Å²) in [5.74, 6) is 0.872. The lowest BCUT2D eigenvalue weighted by Crippen LogP contribution is -2.41. The number of hydrogen-bond acceptors (Lipinski definition) is 4. The fraction of sp³-hybridized carbons (Fsp3) is 0.412. The molecule has 0 atom stereocenters. The van der Waals surface area contributed by atoms with Gasteiger partial charge in [0.25, 0.3) is 0 Å².